The number of nitrogens with zero attached hydrogens (tertiary/aromatic N) is 1. The summed E-state index contributed by atoms with van der Waals surface area (Å²) in [5.74, 6) is 1.56. The van der Waals surface area contributed by atoms with Crippen molar-refractivity contribution in [1.29, 1.82) is 5.26 Å². The van der Waals surface area contributed by atoms with Crippen molar-refractivity contribution in [3.8, 4) is 17.6 Å². The Kier molecular flexibility index (Phi) is 9.30. The molecule has 0 amide bonds. The van der Waals surface area contributed by atoms with Gasteiger partial charge in [0.15, 0.2) is 0 Å². The van der Waals surface area contributed by atoms with Gasteiger partial charge in [-0.15, -0.1) is 11.8 Å². The van der Waals surface area contributed by atoms with E-state index in [4.69, 9.17) is 20.0 Å². The zero-order chi connectivity index (χ0) is 22.0. The highest BCUT2D eigenvalue weighted by molar-refractivity contribution is 7.99. The quantitative estimate of drug-likeness (QED) is 0.212. The molecular weight excluding hydrogens is 419 g/mol. The van der Waals surface area contributed by atoms with Crippen LogP contribution in [0.25, 0.3) is 0 Å². The third-order valence-electron chi connectivity index (χ3n) is 4.11. The van der Waals surface area contributed by atoms with E-state index in [0.29, 0.717) is 17.3 Å². The number of benzene rings is 2. The maximum Gasteiger partial charge on any atom is 0.416 e. The Morgan fingerprint density at radius 2 is 1.83 bits per heavy atom. The molecule has 1 atom stereocenters. The Hall–Kier alpha value is -2.41. The first-order valence-electron chi connectivity index (χ1n) is 9.13. The van der Waals surface area contributed by atoms with E-state index in [1.807, 2.05) is 25.1 Å². The molecule has 0 saturated carbocycles. The van der Waals surface area contributed by atoms with Crippen molar-refractivity contribution in [2.75, 3.05) is 25.6 Å². The molecule has 0 radical (unpaired) electrons. The summed E-state index contributed by atoms with van der Waals surface area (Å²) in [6.45, 7) is 2.44. The zero-order valence-corrected chi connectivity index (χ0v) is 17.1. The second-order valence-electron chi connectivity index (χ2n) is 6.48. The van der Waals surface area contributed by atoms with Crippen LogP contribution < -0.4 is 9.47 Å². The Labute approximate surface area is 177 Å². The summed E-state index contributed by atoms with van der Waals surface area (Å²) in [5, 5.41) is 17.4. The molecule has 9 heteroatoms. The molecule has 0 saturated heterocycles. The van der Waals surface area contributed by atoms with E-state index in [2.05, 4.69) is 11.0 Å². The fourth-order valence-corrected chi connectivity index (χ4v) is 3.59. The minimum absolute atomic E-state index is 0.0741. The summed E-state index contributed by atoms with van der Waals surface area (Å²) in [7, 11) is 0. The third-order valence-corrected chi connectivity index (χ3v) is 5.34. The molecule has 0 heterocycles. The molecule has 0 aliphatic carbocycles. The summed E-state index contributed by atoms with van der Waals surface area (Å²) in [5.41, 5.74) is 0.196. The van der Waals surface area contributed by atoms with E-state index in [-0.39, 0.29) is 32.2 Å². The molecule has 0 bridgehead atoms. The van der Waals surface area contributed by atoms with Gasteiger partial charge in [-0.3, -0.25) is 5.26 Å². The smallest absolute Gasteiger partial charge is 0.416 e. The van der Waals surface area contributed by atoms with Crippen LogP contribution in [0.3, 0.4) is 0 Å². The number of halogens is 3. The molecule has 2 rings (SSSR count). The maximum absolute atomic E-state index is 12.6. The molecule has 2 aromatic rings. The van der Waals surface area contributed by atoms with Gasteiger partial charge >= 0.3 is 6.18 Å². The second kappa shape index (κ2) is 11.7. The largest absolute Gasteiger partial charge is 0.493 e. The molecule has 2 aromatic carbocycles. The minimum atomic E-state index is -4.39. The van der Waals surface area contributed by atoms with Crippen LogP contribution in [-0.4, -0.2) is 30.8 Å². The number of hydrogen-bond acceptors (Lipinski definition) is 6. The van der Waals surface area contributed by atoms with Gasteiger partial charge < -0.3 is 9.47 Å². The topological polar surface area (TPSA) is 71.7 Å². The number of rotatable bonds is 11. The molecule has 0 aromatic heterocycles. The molecule has 162 valence electrons. The molecular formula is C21H22F3NO4S. The first-order chi connectivity index (χ1) is 14.3. The normalized spacial score (nSPS) is 12.3. The van der Waals surface area contributed by atoms with E-state index in [9.17, 15) is 13.2 Å². The van der Waals surface area contributed by atoms with Gasteiger partial charge in [-0.2, -0.15) is 18.4 Å². The van der Waals surface area contributed by atoms with Crippen molar-refractivity contribution in [2.24, 2.45) is 5.92 Å². The van der Waals surface area contributed by atoms with Crippen LogP contribution in [0.5, 0.6) is 11.5 Å². The number of ether oxygens (including phenoxy) is 2. The summed E-state index contributed by atoms with van der Waals surface area (Å²) in [6.07, 6.45) is -4.11. The summed E-state index contributed by atoms with van der Waals surface area (Å²) in [4.78, 5) is 4.97. The predicted molar refractivity (Wildman–Crippen MR) is 107 cm³/mol. The maximum atomic E-state index is 12.6. The van der Waals surface area contributed by atoms with Gasteiger partial charge in [0.05, 0.1) is 18.2 Å². The van der Waals surface area contributed by atoms with Crippen molar-refractivity contribution in [3.63, 3.8) is 0 Å². The summed E-state index contributed by atoms with van der Waals surface area (Å²) >= 11 is 1.56. The van der Waals surface area contributed by atoms with Crippen LogP contribution >= 0.6 is 11.8 Å². The third kappa shape index (κ3) is 7.78. The minimum Gasteiger partial charge on any atom is -0.493 e. The lowest BCUT2D eigenvalue weighted by Crippen LogP contribution is -2.14. The molecule has 1 N–H and O–H groups in total. The molecule has 0 fully saturated rings. The average molecular weight is 441 g/mol. The molecule has 30 heavy (non-hydrogen) atoms. The second-order valence-corrected chi connectivity index (χ2v) is 7.57. The zero-order valence-electron chi connectivity index (χ0n) is 16.3. The monoisotopic (exact) mass is 441 g/mol. The van der Waals surface area contributed by atoms with Crippen LogP contribution in [0.4, 0.5) is 13.2 Å². The Balaban J connectivity index is 1.88. The Morgan fingerprint density at radius 1 is 1.10 bits per heavy atom. The van der Waals surface area contributed by atoms with Gasteiger partial charge in [-0.05, 0) is 55.0 Å². The van der Waals surface area contributed by atoms with E-state index < -0.39 is 11.7 Å². The number of hydrogen-bond donors (Lipinski definition) is 1. The van der Waals surface area contributed by atoms with Gasteiger partial charge in [0.2, 0.25) is 0 Å². The molecule has 0 aliphatic rings. The summed E-state index contributed by atoms with van der Waals surface area (Å²) in [6, 6.07) is 12.3. The van der Waals surface area contributed by atoms with Crippen LogP contribution in [-0.2, 0) is 11.1 Å². The fraction of sp³-hybridized carbons (Fsp3) is 0.381. The van der Waals surface area contributed by atoms with Crippen LogP contribution in [0, 0.1) is 24.2 Å². The number of nitriles is 1. The lowest BCUT2D eigenvalue weighted by atomic mass is 10.1. The summed E-state index contributed by atoms with van der Waals surface area (Å²) < 4.78 is 48.9. The Bertz CT molecular complexity index is 838. The van der Waals surface area contributed by atoms with Crippen LogP contribution in [0.1, 0.15) is 17.5 Å². The lowest BCUT2D eigenvalue weighted by molar-refractivity contribution is -0.245. The van der Waals surface area contributed by atoms with Crippen LogP contribution in [0.2, 0.25) is 0 Å². The fourth-order valence-electron chi connectivity index (χ4n) is 2.53. The van der Waals surface area contributed by atoms with E-state index in [1.54, 1.807) is 11.8 Å². The molecule has 0 spiro atoms. The highest BCUT2D eigenvalue weighted by atomic mass is 32.2. The Morgan fingerprint density at radius 3 is 2.43 bits per heavy atom. The van der Waals surface area contributed by atoms with E-state index in [0.717, 1.165) is 22.6 Å². The average Bonchev–Trinajstić information content (AvgIpc) is 2.71. The van der Waals surface area contributed by atoms with Gasteiger partial charge in [-0.25, -0.2) is 4.89 Å². The first kappa shape index (κ1) is 23.9. The van der Waals surface area contributed by atoms with Gasteiger partial charge in [-0.1, -0.05) is 0 Å². The van der Waals surface area contributed by atoms with Crippen molar-refractivity contribution >= 4 is 11.8 Å². The number of aryl methyl sites for hydroxylation is 1. The van der Waals surface area contributed by atoms with E-state index >= 15 is 0 Å². The van der Waals surface area contributed by atoms with Gasteiger partial charge in [0.1, 0.15) is 24.7 Å². The number of alkyl halides is 3. The van der Waals surface area contributed by atoms with Crippen molar-refractivity contribution in [1.82, 2.24) is 0 Å². The SMILES string of the molecule is Cc1cc(SCC(CC#N)COc2ccc(C(F)(F)F)cc2)ccc1OCCOO. The first-order valence-corrected chi connectivity index (χ1v) is 10.1. The lowest BCUT2D eigenvalue weighted by Gasteiger charge is -2.16. The number of thioether (sulfide) groups is 1. The highest BCUT2D eigenvalue weighted by Gasteiger charge is 2.30. The van der Waals surface area contributed by atoms with Crippen molar-refractivity contribution in [3.05, 3.63) is 53.6 Å². The van der Waals surface area contributed by atoms with Crippen LogP contribution in [0.15, 0.2) is 47.4 Å². The van der Waals surface area contributed by atoms with Gasteiger partial charge in [0.25, 0.3) is 0 Å². The van der Waals surface area contributed by atoms with Crippen molar-refractivity contribution in [2.45, 2.75) is 24.4 Å². The molecule has 1 unspecified atom stereocenters. The standard InChI is InChI=1S/C21H22F3NO4S/c1-15-12-19(6-7-20(15)27-10-11-29-26)30-14-16(8-9-25)13-28-18-4-2-17(3-5-18)21(22,23)24/h2-7,12,16,26H,8,10-11,13-14H2,1H3. The van der Waals surface area contributed by atoms with Gasteiger partial charge in [0, 0.05) is 23.0 Å². The highest BCUT2D eigenvalue weighted by Crippen LogP contribution is 2.31. The predicted octanol–water partition coefficient (Wildman–Crippen LogP) is 5.58. The molecule has 5 nitrogen and oxygen atoms in total. The van der Waals surface area contributed by atoms with E-state index in [1.165, 1.54) is 12.1 Å². The molecule has 0 aliphatic heterocycles. The van der Waals surface area contributed by atoms with Crippen molar-refractivity contribution < 1.29 is 32.8 Å².